The number of benzene rings is 5. The van der Waals surface area contributed by atoms with E-state index in [0.717, 1.165) is 28.1 Å². The SMILES string of the molecule is Cc1c[c-]c(-c2cc(C)c(C)cn2)cc1.[Ir+3].[c-]1ccc2c3cccc4c5ccccc5n(c2c1-n1[c-][n+](-c2ccccc2)cc1)c43. The molecule has 9 aromatic rings. The minimum atomic E-state index is 0. The molecule has 0 atom stereocenters. The van der Waals surface area contributed by atoms with Crippen LogP contribution in [0.25, 0.3) is 60.7 Å². The van der Waals surface area contributed by atoms with Gasteiger partial charge in [0.05, 0.1) is 5.69 Å². The summed E-state index contributed by atoms with van der Waals surface area (Å²) in [7, 11) is 0. The molecule has 0 amide bonds. The second kappa shape index (κ2) is 12.0. The van der Waals surface area contributed by atoms with Gasteiger partial charge < -0.3 is 14.0 Å². The van der Waals surface area contributed by atoms with E-state index in [4.69, 9.17) is 0 Å². The zero-order valence-corrected chi connectivity index (χ0v) is 28.1. The van der Waals surface area contributed by atoms with Crippen LogP contribution in [-0.4, -0.2) is 14.0 Å². The van der Waals surface area contributed by atoms with Gasteiger partial charge in [0.1, 0.15) is 0 Å². The van der Waals surface area contributed by atoms with E-state index in [9.17, 15) is 0 Å². The number of nitrogens with zero attached hydrogens (tertiary/aromatic N) is 4. The molecule has 0 saturated heterocycles. The molecule has 4 nitrogen and oxygen atoms in total. The molecule has 0 radical (unpaired) electrons. The normalized spacial score (nSPS) is 11.2. The molecule has 0 aliphatic heterocycles. The van der Waals surface area contributed by atoms with E-state index >= 15 is 0 Å². The van der Waals surface area contributed by atoms with E-state index < -0.39 is 0 Å². The minimum Gasteiger partial charge on any atom is -0.367 e. The van der Waals surface area contributed by atoms with E-state index in [-0.39, 0.29) is 20.1 Å². The summed E-state index contributed by atoms with van der Waals surface area (Å²) in [5, 5.41) is 5.09. The van der Waals surface area contributed by atoms with Crippen molar-refractivity contribution in [2.45, 2.75) is 20.8 Å². The van der Waals surface area contributed by atoms with Crippen molar-refractivity contribution in [2.24, 2.45) is 0 Å². The first-order chi connectivity index (χ1) is 22.1. The van der Waals surface area contributed by atoms with E-state index in [2.05, 4.69) is 127 Å². The predicted molar refractivity (Wildman–Crippen MR) is 182 cm³/mol. The van der Waals surface area contributed by atoms with Crippen LogP contribution in [0, 0.1) is 39.2 Å². The number of hydrogen-bond donors (Lipinski definition) is 0. The third-order valence-corrected chi connectivity index (χ3v) is 8.63. The molecular weight excluding hydrogens is 741 g/mol. The number of aromatic nitrogens is 4. The van der Waals surface area contributed by atoms with Crippen molar-refractivity contribution in [3.8, 4) is 22.6 Å². The van der Waals surface area contributed by atoms with Crippen molar-refractivity contribution in [3.05, 3.63) is 163 Å². The molecule has 0 unspecified atom stereocenters. The fourth-order valence-corrected chi connectivity index (χ4v) is 6.18. The molecule has 222 valence electrons. The summed E-state index contributed by atoms with van der Waals surface area (Å²) in [5.74, 6) is 0. The maximum Gasteiger partial charge on any atom is 3.00 e. The summed E-state index contributed by atoms with van der Waals surface area (Å²) < 4.78 is 6.44. The van der Waals surface area contributed by atoms with Crippen molar-refractivity contribution in [3.63, 3.8) is 0 Å². The van der Waals surface area contributed by atoms with Gasteiger partial charge in [-0.1, -0.05) is 73.2 Å². The maximum absolute atomic E-state index is 4.41. The Balaban J connectivity index is 0.000000180. The van der Waals surface area contributed by atoms with Gasteiger partial charge >= 0.3 is 20.1 Å². The summed E-state index contributed by atoms with van der Waals surface area (Å²) in [6.45, 7) is 6.24. The Bertz CT molecular complexity index is 2450. The topological polar surface area (TPSA) is 26.1 Å². The number of para-hydroxylation sites is 3. The van der Waals surface area contributed by atoms with Crippen molar-refractivity contribution in [2.75, 3.05) is 0 Å². The van der Waals surface area contributed by atoms with E-state index in [1.165, 1.54) is 49.3 Å². The molecule has 0 bridgehead atoms. The fraction of sp³-hybridized carbons (Fsp3) is 0.0732. The number of aryl methyl sites for hydroxylation is 3. The quantitative estimate of drug-likeness (QED) is 0.130. The fourth-order valence-electron chi connectivity index (χ4n) is 6.18. The van der Waals surface area contributed by atoms with Gasteiger partial charge in [-0.2, -0.15) is 18.2 Å². The van der Waals surface area contributed by atoms with Crippen LogP contribution in [-0.2, 0) is 20.1 Å². The van der Waals surface area contributed by atoms with Gasteiger partial charge in [-0.15, -0.1) is 40.8 Å². The van der Waals surface area contributed by atoms with Gasteiger partial charge in [0, 0.05) is 40.4 Å². The van der Waals surface area contributed by atoms with Crippen LogP contribution in [0.2, 0.25) is 0 Å². The first kappa shape index (κ1) is 29.6. The number of fused-ring (bicyclic) bond motifs is 6. The average molecular weight is 771 g/mol. The Kier molecular flexibility index (Phi) is 7.74. The van der Waals surface area contributed by atoms with Crippen LogP contribution in [0.5, 0.6) is 0 Å². The zero-order valence-electron chi connectivity index (χ0n) is 25.7. The standard InChI is InChI=1S/C27H16N3.C14H14N.Ir/c1-2-8-19(9-3-1)28-16-17-29(18-28)25-15-7-13-23-22-12-6-11-21-20-10-4-5-14-24(20)30(26(21)22)27(23)25;1-10-4-6-13(7-5-10)14-8-11(2)12(3)9-15-14;/h1-14,16-17H;4-6,8-9H,1-3H3;/q2*-1;+3. The maximum atomic E-state index is 4.41. The van der Waals surface area contributed by atoms with Gasteiger partial charge in [-0.3, -0.25) is 4.57 Å². The van der Waals surface area contributed by atoms with Crippen LogP contribution >= 0.6 is 0 Å². The Morgan fingerprint density at radius 3 is 2.22 bits per heavy atom. The molecule has 0 aliphatic rings. The van der Waals surface area contributed by atoms with Crippen LogP contribution in [0.15, 0.2) is 128 Å². The third kappa shape index (κ3) is 4.99. The Morgan fingerprint density at radius 2 is 1.43 bits per heavy atom. The molecule has 4 aromatic heterocycles. The predicted octanol–water partition coefficient (Wildman–Crippen LogP) is 8.98. The molecule has 46 heavy (non-hydrogen) atoms. The van der Waals surface area contributed by atoms with Gasteiger partial charge in [0.25, 0.3) is 6.33 Å². The number of pyridine rings is 1. The summed E-state index contributed by atoms with van der Waals surface area (Å²) in [6, 6.07) is 44.7. The Morgan fingerprint density at radius 1 is 0.696 bits per heavy atom. The first-order valence-electron chi connectivity index (χ1n) is 15.1. The van der Waals surface area contributed by atoms with Gasteiger partial charge in [-0.25, -0.2) is 0 Å². The molecule has 0 saturated carbocycles. The van der Waals surface area contributed by atoms with Gasteiger partial charge in [-0.05, 0) is 59.9 Å². The largest absolute Gasteiger partial charge is 3.00 e. The van der Waals surface area contributed by atoms with Crippen LogP contribution in [0.4, 0.5) is 0 Å². The first-order valence-corrected chi connectivity index (χ1v) is 15.1. The molecule has 0 fully saturated rings. The molecule has 5 heteroatoms. The number of hydrogen-bond acceptors (Lipinski definition) is 1. The van der Waals surface area contributed by atoms with E-state index in [1.807, 2.05) is 58.1 Å². The minimum absolute atomic E-state index is 0. The van der Waals surface area contributed by atoms with Gasteiger partial charge in [0.15, 0.2) is 0 Å². The van der Waals surface area contributed by atoms with E-state index in [0.29, 0.717) is 0 Å². The van der Waals surface area contributed by atoms with Crippen LogP contribution in [0.3, 0.4) is 0 Å². The molecule has 0 aliphatic carbocycles. The Hall–Kier alpha value is -5.09. The third-order valence-electron chi connectivity index (χ3n) is 8.63. The van der Waals surface area contributed by atoms with Crippen molar-refractivity contribution in [1.29, 1.82) is 0 Å². The molecule has 4 heterocycles. The Labute approximate surface area is 281 Å². The van der Waals surface area contributed by atoms with Crippen molar-refractivity contribution < 1.29 is 24.7 Å². The van der Waals surface area contributed by atoms with Gasteiger partial charge in [0.2, 0.25) is 0 Å². The molecule has 0 spiro atoms. The van der Waals surface area contributed by atoms with Crippen molar-refractivity contribution in [1.82, 2.24) is 14.0 Å². The molecular formula is C41H30IrN4+. The van der Waals surface area contributed by atoms with E-state index in [1.54, 1.807) is 0 Å². The smallest absolute Gasteiger partial charge is 0.367 e. The summed E-state index contributed by atoms with van der Waals surface area (Å²) in [4.78, 5) is 4.41. The monoisotopic (exact) mass is 771 g/mol. The number of rotatable bonds is 3. The molecule has 9 rings (SSSR count). The molecule has 5 aromatic carbocycles. The average Bonchev–Trinajstić information content (AvgIpc) is 3.80. The molecule has 0 N–H and O–H groups in total. The zero-order chi connectivity index (χ0) is 30.5. The summed E-state index contributed by atoms with van der Waals surface area (Å²) in [6.07, 6.45) is 9.46. The number of imidazole rings is 1. The van der Waals surface area contributed by atoms with Crippen LogP contribution in [0.1, 0.15) is 16.7 Å². The van der Waals surface area contributed by atoms with Crippen molar-refractivity contribution >= 4 is 38.1 Å². The summed E-state index contributed by atoms with van der Waals surface area (Å²) in [5.41, 5.74) is 11.5. The second-order valence-electron chi connectivity index (χ2n) is 11.6. The van der Waals surface area contributed by atoms with Crippen LogP contribution < -0.4 is 4.57 Å². The summed E-state index contributed by atoms with van der Waals surface area (Å²) >= 11 is 0. The second-order valence-corrected chi connectivity index (χ2v) is 11.6.